The SMILES string of the molecule is COC(=O)C1CC(=O)N(c2ncnc3nc[nH]c23)C1. The standard InChI is InChI=1S/C11H11N5O3/c1-19-11(18)6-2-7(17)16(3-6)10-8-9(13-4-12-8)14-5-15-10/h4-6H,2-3H2,1H3,(H,12,13,14,15). The van der Waals surface area contributed by atoms with Gasteiger partial charge in [0.15, 0.2) is 11.5 Å². The number of carbonyl (C=O) groups is 2. The van der Waals surface area contributed by atoms with E-state index in [1.54, 1.807) is 0 Å². The summed E-state index contributed by atoms with van der Waals surface area (Å²) < 4.78 is 4.67. The highest BCUT2D eigenvalue weighted by Crippen LogP contribution is 2.27. The van der Waals surface area contributed by atoms with E-state index in [-0.39, 0.29) is 24.8 Å². The van der Waals surface area contributed by atoms with Gasteiger partial charge in [-0.25, -0.2) is 15.0 Å². The van der Waals surface area contributed by atoms with Crippen LogP contribution in [0.4, 0.5) is 5.82 Å². The minimum atomic E-state index is -0.453. The predicted molar refractivity (Wildman–Crippen MR) is 64.2 cm³/mol. The summed E-state index contributed by atoms with van der Waals surface area (Å²) in [6.07, 6.45) is 2.96. The fourth-order valence-electron chi connectivity index (χ4n) is 2.19. The van der Waals surface area contributed by atoms with Crippen LogP contribution < -0.4 is 4.90 Å². The normalized spacial score (nSPS) is 19.1. The molecule has 1 aliphatic heterocycles. The molecular weight excluding hydrogens is 250 g/mol. The summed E-state index contributed by atoms with van der Waals surface area (Å²) in [6.45, 7) is 0.261. The van der Waals surface area contributed by atoms with Gasteiger partial charge >= 0.3 is 5.97 Å². The molecule has 1 atom stereocenters. The maximum Gasteiger partial charge on any atom is 0.311 e. The van der Waals surface area contributed by atoms with Crippen molar-refractivity contribution in [3.8, 4) is 0 Å². The molecule has 1 saturated heterocycles. The van der Waals surface area contributed by atoms with Crippen LogP contribution in [0.1, 0.15) is 6.42 Å². The second kappa shape index (κ2) is 4.30. The molecule has 1 unspecified atom stereocenters. The Morgan fingerprint density at radius 1 is 1.47 bits per heavy atom. The van der Waals surface area contributed by atoms with Crippen LogP contribution in [-0.2, 0) is 14.3 Å². The Bertz CT molecular complexity index is 653. The molecule has 1 N–H and O–H groups in total. The lowest BCUT2D eigenvalue weighted by Gasteiger charge is -2.15. The highest BCUT2D eigenvalue weighted by Gasteiger charge is 2.37. The first-order valence-corrected chi connectivity index (χ1v) is 5.73. The molecule has 0 radical (unpaired) electrons. The Labute approximate surface area is 107 Å². The number of aromatic nitrogens is 4. The minimum Gasteiger partial charge on any atom is -0.469 e. The zero-order valence-corrected chi connectivity index (χ0v) is 10.2. The van der Waals surface area contributed by atoms with Gasteiger partial charge in [-0.1, -0.05) is 0 Å². The van der Waals surface area contributed by atoms with Crippen molar-refractivity contribution in [3.05, 3.63) is 12.7 Å². The number of hydrogen-bond acceptors (Lipinski definition) is 6. The molecule has 19 heavy (non-hydrogen) atoms. The number of rotatable bonds is 2. The molecule has 0 spiro atoms. The van der Waals surface area contributed by atoms with Gasteiger partial charge in [0.1, 0.15) is 11.8 Å². The fraction of sp³-hybridized carbons (Fsp3) is 0.364. The minimum absolute atomic E-state index is 0.131. The van der Waals surface area contributed by atoms with Crippen molar-refractivity contribution in [3.63, 3.8) is 0 Å². The molecule has 2 aromatic rings. The number of anilines is 1. The highest BCUT2D eigenvalue weighted by atomic mass is 16.5. The van der Waals surface area contributed by atoms with Crippen molar-refractivity contribution >= 4 is 28.9 Å². The first kappa shape index (κ1) is 11.6. The summed E-state index contributed by atoms with van der Waals surface area (Å²) in [7, 11) is 1.31. The number of carbonyl (C=O) groups excluding carboxylic acids is 2. The Balaban J connectivity index is 1.96. The number of H-pyrrole nitrogens is 1. The van der Waals surface area contributed by atoms with Gasteiger partial charge in [0.2, 0.25) is 5.91 Å². The second-order valence-corrected chi connectivity index (χ2v) is 4.23. The molecule has 0 aromatic carbocycles. The van der Waals surface area contributed by atoms with Gasteiger partial charge in [-0.2, -0.15) is 0 Å². The lowest BCUT2D eigenvalue weighted by molar-refractivity contribution is -0.145. The number of esters is 1. The highest BCUT2D eigenvalue weighted by molar-refractivity contribution is 6.02. The molecule has 8 nitrogen and oxygen atoms in total. The van der Waals surface area contributed by atoms with Crippen LogP contribution in [0.3, 0.4) is 0 Å². The third-order valence-corrected chi connectivity index (χ3v) is 3.12. The molecule has 8 heteroatoms. The van der Waals surface area contributed by atoms with Crippen LogP contribution in [0.5, 0.6) is 0 Å². The maximum atomic E-state index is 12.0. The van der Waals surface area contributed by atoms with Gasteiger partial charge in [0, 0.05) is 13.0 Å². The van der Waals surface area contributed by atoms with Crippen molar-refractivity contribution < 1.29 is 14.3 Å². The Morgan fingerprint density at radius 3 is 3.11 bits per heavy atom. The molecular formula is C11H11N5O3. The van der Waals surface area contributed by atoms with Crippen LogP contribution in [0.25, 0.3) is 11.2 Å². The number of fused-ring (bicyclic) bond motifs is 1. The monoisotopic (exact) mass is 261 g/mol. The number of nitrogens with zero attached hydrogens (tertiary/aromatic N) is 4. The van der Waals surface area contributed by atoms with Crippen molar-refractivity contribution in [2.24, 2.45) is 5.92 Å². The van der Waals surface area contributed by atoms with E-state index in [9.17, 15) is 9.59 Å². The topological polar surface area (TPSA) is 101 Å². The second-order valence-electron chi connectivity index (χ2n) is 4.23. The van der Waals surface area contributed by atoms with E-state index < -0.39 is 5.92 Å². The molecule has 3 rings (SSSR count). The van der Waals surface area contributed by atoms with E-state index >= 15 is 0 Å². The molecule has 1 aliphatic rings. The van der Waals surface area contributed by atoms with Gasteiger partial charge in [-0.05, 0) is 0 Å². The van der Waals surface area contributed by atoms with E-state index in [0.29, 0.717) is 17.0 Å². The molecule has 2 aromatic heterocycles. The summed E-state index contributed by atoms with van der Waals surface area (Å²) >= 11 is 0. The smallest absolute Gasteiger partial charge is 0.311 e. The van der Waals surface area contributed by atoms with Gasteiger partial charge in [0.25, 0.3) is 0 Å². The predicted octanol–water partition coefficient (Wildman–Crippen LogP) is -0.121. The summed E-state index contributed by atoms with van der Waals surface area (Å²) in [5.74, 6) is -0.555. The number of methoxy groups -OCH3 is 1. The molecule has 0 bridgehead atoms. The van der Waals surface area contributed by atoms with Crippen LogP contribution in [-0.4, -0.2) is 45.5 Å². The fourth-order valence-corrected chi connectivity index (χ4v) is 2.19. The van der Waals surface area contributed by atoms with Crippen LogP contribution in [0, 0.1) is 5.92 Å². The summed E-state index contributed by atoms with van der Waals surface area (Å²) in [5.41, 5.74) is 1.07. The Kier molecular flexibility index (Phi) is 2.62. The third kappa shape index (κ3) is 1.81. The Morgan fingerprint density at radius 2 is 2.32 bits per heavy atom. The third-order valence-electron chi connectivity index (χ3n) is 3.12. The summed E-state index contributed by atoms with van der Waals surface area (Å²) in [6, 6.07) is 0. The molecule has 0 saturated carbocycles. The number of nitrogens with one attached hydrogen (secondary N) is 1. The van der Waals surface area contributed by atoms with Crippen molar-refractivity contribution in [2.45, 2.75) is 6.42 Å². The number of ether oxygens (including phenoxy) is 1. The number of aromatic amines is 1. The lowest BCUT2D eigenvalue weighted by atomic mass is 10.1. The molecule has 1 amide bonds. The van der Waals surface area contributed by atoms with E-state index in [1.807, 2.05) is 0 Å². The maximum absolute atomic E-state index is 12.0. The average Bonchev–Trinajstić information content (AvgIpc) is 3.03. The zero-order chi connectivity index (χ0) is 13.4. The first-order valence-electron chi connectivity index (χ1n) is 5.73. The van der Waals surface area contributed by atoms with Crippen LogP contribution in [0.15, 0.2) is 12.7 Å². The Hall–Kier alpha value is -2.51. The lowest BCUT2D eigenvalue weighted by Crippen LogP contribution is -2.27. The first-order chi connectivity index (χ1) is 9.20. The quantitative estimate of drug-likeness (QED) is 0.756. The van der Waals surface area contributed by atoms with Gasteiger partial charge in [-0.3, -0.25) is 14.5 Å². The molecule has 1 fully saturated rings. The molecule has 0 aliphatic carbocycles. The number of amides is 1. The van der Waals surface area contributed by atoms with E-state index in [1.165, 1.54) is 24.7 Å². The van der Waals surface area contributed by atoms with E-state index in [2.05, 4.69) is 24.7 Å². The van der Waals surface area contributed by atoms with E-state index in [4.69, 9.17) is 0 Å². The van der Waals surface area contributed by atoms with Gasteiger partial charge in [-0.15, -0.1) is 0 Å². The average molecular weight is 261 g/mol. The van der Waals surface area contributed by atoms with E-state index in [0.717, 1.165) is 0 Å². The van der Waals surface area contributed by atoms with Gasteiger partial charge in [0.05, 0.1) is 19.4 Å². The summed E-state index contributed by atoms with van der Waals surface area (Å²) in [4.78, 5) is 39.9. The zero-order valence-electron chi connectivity index (χ0n) is 10.2. The summed E-state index contributed by atoms with van der Waals surface area (Å²) in [5, 5.41) is 0. The van der Waals surface area contributed by atoms with Crippen LogP contribution >= 0.6 is 0 Å². The largest absolute Gasteiger partial charge is 0.469 e. The van der Waals surface area contributed by atoms with Crippen molar-refractivity contribution in [1.29, 1.82) is 0 Å². The van der Waals surface area contributed by atoms with Crippen molar-refractivity contribution in [2.75, 3.05) is 18.6 Å². The molecule has 98 valence electrons. The number of imidazole rings is 1. The molecule has 3 heterocycles. The number of hydrogen-bond donors (Lipinski definition) is 1. The van der Waals surface area contributed by atoms with Crippen molar-refractivity contribution in [1.82, 2.24) is 19.9 Å². The van der Waals surface area contributed by atoms with Gasteiger partial charge < -0.3 is 9.72 Å². The van der Waals surface area contributed by atoms with Crippen LogP contribution in [0.2, 0.25) is 0 Å².